The van der Waals surface area contributed by atoms with Crippen LogP contribution in [0.4, 0.5) is 10.1 Å². The van der Waals surface area contributed by atoms with Crippen LogP contribution in [0.2, 0.25) is 0 Å². The van der Waals surface area contributed by atoms with Gasteiger partial charge in [-0.1, -0.05) is 66.7 Å². The van der Waals surface area contributed by atoms with E-state index in [4.69, 9.17) is 18.9 Å². The van der Waals surface area contributed by atoms with Gasteiger partial charge in [0.2, 0.25) is 0 Å². The lowest BCUT2D eigenvalue weighted by molar-refractivity contribution is 0.242. The number of anilines is 1. The lowest BCUT2D eigenvalue weighted by Crippen LogP contribution is -2.44. The van der Waals surface area contributed by atoms with Crippen LogP contribution < -0.4 is 23.8 Å². The van der Waals surface area contributed by atoms with Crippen molar-refractivity contribution in [3.63, 3.8) is 0 Å². The molecule has 15 heterocycles. The Morgan fingerprint density at radius 2 is 0.701 bits per heavy atom. The number of benzene rings is 6. The van der Waals surface area contributed by atoms with Crippen LogP contribution in [0.1, 0.15) is 61.0 Å². The number of aromatic nitrogens is 12. The lowest BCUT2D eigenvalue weighted by Gasteiger charge is -2.34. The third-order valence-corrected chi connectivity index (χ3v) is 24.0. The zero-order valence-electron chi connectivity index (χ0n) is 72.4. The fourth-order valence-electron chi connectivity index (χ4n) is 15.3. The van der Waals surface area contributed by atoms with Crippen molar-refractivity contribution in [3.05, 3.63) is 344 Å². The van der Waals surface area contributed by atoms with E-state index in [0.717, 1.165) is 178 Å². The summed E-state index contributed by atoms with van der Waals surface area (Å²) in [5.74, 6) is 3.35. The molecule has 0 atom stereocenters. The second kappa shape index (κ2) is 38.9. The molecule has 0 bridgehead atoms. The SMILES string of the molecule is CC(C)Oc1ccc(-c2ccn3c(-c4cccs4)cnc3c2)cc1.CC(C)Oc1ccc(-c2ccn3c(-c4ccsc4)cnc3c2)cc1.CC(C)Oc1ccc(-c2ccn3c(-c4cncs4)cnc3c2)cc1.CN1CCN(c2ccc(-c3ccn4c(-c5ccc(F)cc5)cnc4c3)cc2)CC1.Cc1cnccc1-c1cnc2cc(-c3ccc(OC(C)C)cc3)ccn12. The maximum absolute atomic E-state index is 13.2. The van der Waals surface area contributed by atoms with Crippen molar-refractivity contribution in [2.24, 2.45) is 0 Å². The third kappa shape index (κ3) is 20.3. The molecule has 0 saturated carbocycles. The Balaban J connectivity index is 0.000000112. The molecule has 636 valence electrons. The number of hydrogen-bond acceptors (Lipinski definition) is 16. The number of likely N-dealkylation sites (N-methyl/N-ethyl adjacent to an activating group) is 1. The monoisotopic (exact) mass is 1730 g/mol. The summed E-state index contributed by atoms with van der Waals surface area (Å²) < 4.78 is 46.5. The standard InChI is InChI=1S/C24H23FN4.C22H21N3O.2C20H18N2OS.C19H17N3OS/c1-27-12-14-28(15-13-27)22-8-4-18(5-9-22)20-10-11-29-23(17-26-24(29)16-20)19-2-6-21(25)7-3-19;1-15(2)26-19-6-4-17(5-7-19)18-9-11-25-21(14-24-22(25)12-18)20-8-10-23-13-16(20)3;1-14(2)23-18-5-3-15(4-6-18)16-7-9-22-19(12-21-20(22)11-16)17-8-10-24-13-17;1-14(2)23-17-7-5-15(6-8-17)16-9-10-22-18(13-21-20(22)12-16)19-4-3-11-24-19;1-13(2)23-16-5-3-14(4-6-16)15-7-8-22-17(10-21-19(22)9-15)18-11-20-12-24-18/h2-11,16-17H,12-15H2,1H3;4-15H,1-3H3;2*3-14H,1-2H3;3-13H,1-2H3. The van der Waals surface area contributed by atoms with Crippen molar-refractivity contribution in [2.75, 3.05) is 38.1 Å². The third-order valence-electron chi connectivity index (χ3n) is 21.6. The van der Waals surface area contributed by atoms with E-state index in [9.17, 15) is 4.39 Å². The number of piperazine rings is 1. The first-order valence-electron chi connectivity index (χ1n) is 42.5. The summed E-state index contributed by atoms with van der Waals surface area (Å²) in [5.41, 5.74) is 29.1. The van der Waals surface area contributed by atoms with Crippen LogP contribution in [-0.4, -0.2) is 119 Å². The van der Waals surface area contributed by atoms with E-state index in [2.05, 4.69) is 269 Å². The number of rotatable bonds is 19. The van der Waals surface area contributed by atoms with Crippen LogP contribution >= 0.6 is 34.0 Å². The Kier molecular flexibility index (Phi) is 26.1. The summed E-state index contributed by atoms with van der Waals surface area (Å²) in [4.78, 5) is 38.3. The molecule has 1 saturated heterocycles. The molecule has 20 aromatic rings. The number of pyridine rings is 6. The average Bonchev–Trinajstić information content (AvgIpc) is 1.72. The normalized spacial score (nSPS) is 12.2. The predicted octanol–water partition coefficient (Wildman–Crippen LogP) is 25.7. The van der Waals surface area contributed by atoms with E-state index in [0.29, 0.717) is 0 Å². The van der Waals surface area contributed by atoms with Gasteiger partial charge in [0.15, 0.2) is 0 Å². The summed E-state index contributed by atoms with van der Waals surface area (Å²) in [7, 11) is 2.17. The van der Waals surface area contributed by atoms with Gasteiger partial charge < -0.3 is 28.7 Å². The van der Waals surface area contributed by atoms with Gasteiger partial charge in [0.1, 0.15) is 57.1 Å². The smallest absolute Gasteiger partial charge is 0.137 e. The van der Waals surface area contributed by atoms with E-state index >= 15 is 0 Å². The molecule has 1 fully saturated rings. The quantitative estimate of drug-likeness (QED) is 0.0754. The number of aryl methyl sites for hydroxylation is 1. The van der Waals surface area contributed by atoms with Crippen molar-refractivity contribution in [1.29, 1.82) is 0 Å². The minimum absolute atomic E-state index is 0.178. The zero-order chi connectivity index (χ0) is 87.4. The van der Waals surface area contributed by atoms with Crippen molar-refractivity contribution < 1.29 is 23.3 Å². The molecule has 127 heavy (non-hydrogen) atoms. The first kappa shape index (κ1) is 85.0. The Hall–Kier alpha value is -14.2. The minimum Gasteiger partial charge on any atom is -0.491 e. The van der Waals surface area contributed by atoms with Gasteiger partial charge >= 0.3 is 0 Å². The highest BCUT2D eigenvalue weighted by Crippen LogP contribution is 2.36. The second-order valence-electron chi connectivity index (χ2n) is 32.1. The van der Waals surface area contributed by atoms with E-state index in [1.165, 1.54) is 33.8 Å². The van der Waals surface area contributed by atoms with Gasteiger partial charge in [0.05, 0.1) is 99.1 Å². The Bertz CT molecular complexity index is 6610. The van der Waals surface area contributed by atoms with E-state index < -0.39 is 0 Å². The van der Waals surface area contributed by atoms with Crippen LogP contribution in [0.5, 0.6) is 23.0 Å². The van der Waals surface area contributed by atoms with Gasteiger partial charge in [-0.05, 0) is 305 Å². The summed E-state index contributed by atoms with van der Waals surface area (Å²) in [6, 6.07) is 77.6. The van der Waals surface area contributed by atoms with E-state index in [-0.39, 0.29) is 30.2 Å². The number of thiazole rings is 1. The summed E-state index contributed by atoms with van der Waals surface area (Å²) in [6.45, 7) is 22.7. The highest BCUT2D eigenvalue weighted by molar-refractivity contribution is 7.13. The van der Waals surface area contributed by atoms with Crippen LogP contribution in [-0.2, 0) is 0 Å². The van der Waals surface area contributed by atoms with Crippen LogP contribution in [0, 0.1) is 12.7 Å². The fourth-order valence-corrected chi connectivity index (χ4v) is 17.3. The highest BCUT2D eigenvalue weighted by Gasteiger charge is 2.19. The van der Waals surface area contributed by atoms with Crippen LogP contribution in [0.15, 0.2) is 333 Å². The topological polar surface area (TPSA) is 156 Å². The number of ether oxygens (including phenoxy) is 4. The molecule has 0 N–H and O–H groups in total. The Morgan fingerprint density at radius 1 is 0.331 bits per heavy atom. The Labute approximate surface area is 750 Å². The molecular weight excluding hydrogens is 1640 g/mol. The molecule has 1 aliphatic rings. The number of thiophene rings is 2. The summed E-state index contributed by atoms with van der Waals surface area (Å²) in [5, 5.41) is 6.32. The summed E-state index contributed by atoms with van der Waals surface area (Å²) >= 11 is 5.04. The molecule has 22 heteroatoms. The fraction of sp³-hybridized carbons (Fsp3) is 0.171. The van der Waals surface area contributed by atoms with Crippen LogP contribution in [0.25, 0.3) is 139 Å². The number of imidazole rings is 5. The molecule has 0 radical (unpaired) electrons. The molecule has 0 spiro atoms. The number of fused-ring (bicyclic) bond motifs is 5. The first-order chi connectivity index (χ1) is 61.9. The van der Waals surface area contributed by atoms with Crippen LogP contribution in [0.3, 0.4) is 0 Å². The zero-order valence-corrected chi connectivity index (χ0v) is 74.8. The van der Waals surface area contributed by atoms with Gasteiger partial charge in [-0.15, -0.1) is 22.7 Å². The molecular formula is C105H97FN14O4S3. The van der Waals surface area contributed by atoms with Gasteiger partial charge in [0.25, 0.3) is 0 Å². The van der Waals surface area contributed by atoms with E-state index in [1.807, 2.05) is 176 Å². The number of hydrogen-bond donors (Lipinski definition) is 0. The van der Waals surface area contributed by atoms with Crippen molar-refractivity contribution in [2.45, 2.75) is 86.7 Å². The van der Waals surface area contributed by atoms with Gasteiger partial charge in [-0.2, -0.15) is 11.3 Å². The first-order valence-corrected chi connectivity index (χ1v) is 45.2. The molecule has 0 amide bonds. The largest absolute Gasteiger partial charge is 0.491 e. The van der Waals surface area contributed by atoms with Crippen molar-refractivity contribution >= 4 is 67.9 Å². The van der Waals surface area contributed by atoms with Gasteiger partial charge in [-0.3, -0.25) is 32.0 Å². The van der Waals surface area contributed by atoms with Crippen molar-refractivity contribution in [1.82, 2.24) is 61.8 Å². The van der Waals surface area contributed by atoms with E-state index in [1.54, 1.807) is 46.1 Å². The van der Waals surface area contributed by atoms with Gasteiger partial charge in [0, 0.05) is 104 Å². The molecule has 0 aliphatic carbocycles. The average molecular weight is 1730 g/mol. The Morgan fingerprint density at radius 3 is 1.07 bits per heavy atom. The maximum Gasteiger partial charge on any atom is 0.137 e. The molecule has 21 rings (SSSR count). The maximum atomic E-state index is 13.2. The highest BCUT2D eigenvalue weighted by atomic mass is 32.1. The number of nitrogens with zero attached hydrogens (tertiary/aromatic N) is 14. The number of halogens is 1. The molecule has 14 aromatic heterocycles. The van der Waals surface area contributed by atoms with Gasteiger partial charge in [-0.25, -0.2) is 29.3 Å². The predicted molar refractivity (Wildman–Crippen MR) is 517 cm³/mol. The lowest BCUT2D eigenvalue weighted by atomic mass is 10.1. The van der Waals surface area contributed by atoms with Crippen molar-refractivity contribution in [3.8, 4) is 134 Å². The molecule has 18 nitrogen and oxygen atoms in total. The molecule has 1 aliphatic heterocycles. The molecule has 6 aromatic carbocycles. The second-order valence-corrected chi connectivity index (χ2v) is 34.7. The molecule has 0 unspecified atom stereocenters. The minimum atomic E-state index is -0.232. The summed E-state index contributed by atoms with van der Waals surface area (Å²) in [6.07, 6.45) is 26.2.